The molecule has 7 aliphatic carbocycles. The molecule has 0 amide bonds. The van der Waals surface area contributed by atoms with Crippen molar-refractivity contribution < 1.29 is 25.2 Å². The van der Waals surface area contributed by atoms with Crippen molar-refractivity contribution in [2.75, 3.05) is 13.2 Å². The van der Waals surface area contributed by atoms with Crippen LogP contribution in [-0.4, -0.2) is 40.5 Å². The summed E-state index contributed by atoms with van der Waals surface area (Å²) in [6.45, 7) is 3.99. The second-order valence-electron chi connectivity index (χ2n) is 11.2. The van der Waals surface area contributed by atoms with Crippen molar-refractivity contribution in [3.63, 3.8) is 0 Å². The van der Waals surface area contributed by atoms with Gasteiger partial charge in [-0.1, -0.05) is 56.0 Å². The highest BCUT2D eigenvalue weighted by molar-refractivity contribution is 7.87. The zero-order valence-electron chi connectivity index (χ0n) is 21.3. The van der Waals surface area contributed by atoms with E-state index in [1.165, 1.54) is 6.42 Å². The molecule has 7 aliphatic rings. The van der Waals surface area contributed by atoms with E-state index in [0.29, 0.717) is 29.6 Å². The van der Waals surface area contributed by atoms with Gasteiger partial charge in [-0.2, -0.15) is 16.8 Å². The number of hydrogen-bond acceptors (Lipinski definition) is 6. The highest BCUT2D eigenvalue weighted by Gasteiger charge is 2.63. The fourth-order valence-electron chi connectivity index (χ4n) is 8.25. The largest absolute Gasteiger partial charge is 0.270 e. The normalized spacial score (nSPS) is 40.8. The average Bonchev–Trinajstić information content (AvgIpc) is 3.70. The van der Waals surface area contributed by atoms with Crippen LogP contribution in [0.25, 0.3) is 0 Å². The second-order valence-corrected chi connectivity index (χ2v) is 14.9. The van der Waals surface area contributed by atoms with Crippen molar-refractivity contribution in [1.29, 1.82) is 0 Å². The Kier molecular flexibility index (Phi) is 8.93. The van der Waals surface area contributed by atoms with Crippen molar-refractivity contribution in [3.05, 3.63) is 48.6 Å². The Balaban J connectivity index is 0.000000148. The average molecular weight is 553 g/mol. The molecule has 6 nitrogen and oxygen atoms in total. The minimum atomic E-state index is -3.32. The van der Waals surface area contributed by atoms with Crippen LogP contribution in [0.3, 0.4) is 0 Å². The Labute approximate surface area is 224 Å². The minimum absolute atomic E-state index is 0. The van der Waals surface area contributed by atoms with E-state index in [2.05, 4.69) is 42.5 Å². The van der Waals surface area contributed by atoms with Crippen molar-refractivity contribution >= 4 is 20.2 Å². The van der Waals surface area contributed by atoms with E-state index >= 15 is 0 Å². The summed E-state index contributed by atoms with van der Waals surface area (Å²) in [5.41, 5.74) is 0. The lowest BCUT2D eigenvalue weighted by atomic mass is 9.73. The molecule has 208 valence electrons. The lowest BCUT2D eigenvalue weighted by Crippen LogP contribution is -2.38. The fraction of sp³-hybridized carbons (Fsp3) is 0.724. The van der Waals surface area contributed by atoms with Crippen LogP contribution in [0.2, 0.25) is 0 Å². The molecule has 0 heterocycles. The van der Waals surface area contributed by atoms with Gasteiger partial charge in [0.2, 0.25) is 0 Å². The van der Waals surface area contributed by atoms with Crippen LogP contribution in [0.15, 0.2) is 48.6 Å². The van der Waals surface area contributed by atoms with Gasteiger partial charge < -0.3 is 0 Å². The summed E-state index contributed by atoms with van der Waals surface area (Å²) in [7, 11) is -6.61. The molecule has 0 aromatic heterocycles. The van der Waals surface area contributed by atoms with E-state index in [4.69, 9.17) is 8.37 Å². The van der Waals surface area contributed by atoms with Gasteiger partial charge in [0.05, 0.1) is 23.7 Å². The monoisotopic (exact) mass is 552 g/mol. The van der Waals surface area contributed by atoms with E-state index in [0.717, 1.165) is 43.9 Å². The number of fused-ring (bicyclic) bond motifs is 11. The lowest BCUT2D eigenvalue weighted by molar-refractivity contribution is 0.199. The Morgan fingerprint density at radius 3 is 1.78 bits per heavy atom. The van der Waals surface area contributed by atoms with Gasteiger partial charge in [-0.05, 0) is 99.7 Å². The van der Waals surface area contributed by atoms with Gasteiger partial charge in [0.15, 0.2) is 0 Å². The molecule has 7 rings (SSSR count). The van der Waals surface area contributed by atoms with Crippen LogP contribution in [0, 0.1) is 47.3 Å². The Bertz CT molecular complexity index is 1120. The molecule has 0 aromatic rings. The first kappa shape index (κ1) is 28.8. The topological polar surface area (TPSA) is 86.7 Å². The molecule has 10 unspecified atom stereocenters. The zero-order valence-corrected chi connectivity index (χ0v) is 22.9. The molecule has 4 saturated carbocycles. The summed E-state index contributed by atoms with van der Waals surface area (Å²) in [6.07, 6.45) is 23.4. The molecule has 4 fully saturated rings. The Morgan fingerprint density at radius 1 is 0.676 bits per heavy atom. The molecule has 0 aliphatic heterocycles. The van der Waals surface area contributed by atoms with Crippen molar-refractivity contribution in [2.45, 2.75) is 70.3 Å². The molecule has 10 atom stereocenters. The van der Waals surface area contributed by atoms with Gasteiger partial charge in [-0.25, -0.2) is 0 Å². The van der Waals surface area contributed by atoms with Crippen LogP contribution in [-0.2, 0) is 28.6 Å². The van der Waals surface area contributed by atoms with Crippen LogP contribution in [0.5, 0.6) is 0 Å². The smallest absolute Gasteiger partial charge is 0.270 e. The third-order valence-electron chi connectivity index (χ3n) is 9.39. The number of allylic oxidation sites excluding steroid dienone is 8. The van der Waals surface area contributed by atoms with E-state index < -0.39 is 20.2 Å². The Morgan fingerprint density at radius 2 is 1.27 bits per heavy atom. The van der Waals surface area contributed by atoms with E-state index in [9.17, 15) is 16.8 Å². The summed E-state index contributed by atoms with van der Waals surface area (Å²) >= 11 is 0. The van der Waals surface area contributed by atoms with Crippen LogP contribution < -0.4 is 0 Å². The Hall–Kier alpha value is -1.22. The van der Waals surface area contributed by atoms with Crippen LogP contribution in [0.4, 0.5) is 0 Å². The summed E-state index contributed by atoms with van der Waals surface area (Å²) in [6, 6.07) is 0. The second kappa shape index (κ2) is 11.5. The fourth-order valence-corrected chi connectivity index (χ4v) is 11.6. The zero-order chi connectivity index (χ0) is 25.5. The summed E-state index contributed by atoms with van der Waals surface area (Å²) in [5.74, 6) is 4.54. The molecule has 0 saturated heterocycles. The highest BCUT2D eigenvalue weighted by atomic mass is 32.2. The van der Waals surface area contributed by atoms with Crippen molar-refractivity contribution in [2.24, 2.45) is 47.3 Å². The maximum Gasteiger partial charge on any atom is 0.270 e. The minimum Gasteiger partial charge on any atom is -0.270 e. The summed E-state index contributed by atoms with van der Waals surface area (Å²) in [5, 5.41) is -0.487. The van der Waals surface area contributed by atoms with Crippen molar-refractivity contribution in [3.8, 4) is 0 Å². The van der Waals surface area contributed by atoms with Gasteiger partial charge in [0, 0.05) is 0 Å². The summed E-state index contributed by atoms with van der Waals surface area (Å²) in [4.78, 5) is 0. The molecule has 0 radical (unpaired) electrons. The highest BCUT2D eigenvalue weighted by Crippen LogP contribution is 2.66. The van der Waals surface area contributed by atoms with Crippen LogP contribution in [0.1, 0.15) is 59.8 Å². The third kappa shape index (κ3) is 5.59. The first-order valence-electron chi connectivity index (χ1n) is 13.7. The molecular weight excluding hydrogens is 508 g/mol. The molecule has 0 N–H and O–H groups in total. The van der Waals surface area contributed by atoms with Gasteiger partial charge in [-0.15, -0.1) is 0 Å². The molecular formula is C29H44O6S2. The predicted molar refractivity (Wildman–Crippen MR) is 148 cm³/mol. The van der Waals surface area contributed by atoms with Gasteiger partial charge in [0.25, 0.3) is 20.2 Å². The van der Waals surface area contributed by atoms with Gasteiger partial charge in [0.1, 0.15) is 0 Å². The molecule has 0 spiro atoms. The number of rotatable bonds is 6. The lowest BCUT2D eigenvalue weighted by Gasteiger charge is -2.35. The predicted octanol–water partition coefficient (Wildman–Crippen LogP) is 5.66. The standard InChI is InChI=1S/C14H20O3S.C9H14O3S.C5H6.CH4/c1-2-17-18(15,16)12-7-10-6-11(12)14-9-4-3-8(5-9)13(10)14;1-2-12-13(10,11)9-6-7-3-4-8(9)5-7;1-2-4-5-3-1;/h3-4,8-14H,2,5-7H2,1H3;3-4,7-9H,2,5-6H2,1H3;1-4H,5H2;1H4. The quantitative estimate of drug-likeness (QED) is 0.240. The SMILES string of the molecule is C.C1=CCC=C1.CCOS(=O)(=O)C1CC2C=CC1C2.CCOS(=O)(=O)C1CC2CC1C1C3C=CC(C3)C21. The van der Waals surface area contributed by atoms with Gasteiger partial charge >= 0.3 is 0 Å². The third-order valence-corrected chi connectivity index (χ3v) is 13.1. The molecule has 8 heteroatoms. The van der Waals surface area contributed by atoms with Gasteiger partial charge in [-0.3, -0.25) is 8.37 Å². The molecule has 37 heavy (non-hydrogen) atoms. The first-order chi connectivity index (χ1) is 17.2. The van der Waals surface area contributed by atoms with E-state index in [-0.39, 0.29) is 37.1 Å². The van der Waals surface area contributed by atoms with Crippen LogP contribution >= 0.6 is 0 Å². The molecule has 6 bridgehead atoms. The maximum absolute atomic E-state index is 12.2. The van der Waals surface area contributed by atoms with E-state index in [1.807, 2.05) is 6.08 Å². The summed E-state index contributed by atoms with van der Waals surface area (Å²) < 4.78 is 57.3. The van der Waals surface area contributed by atoms with E-state index in [1.54, 1.807) is 13.8 Å². The van der Waals surface area contributed by atoms with Crippen molar-refractivity contribution in [1.82, 2.24) is 0 Å². The molecule has 0 aromatic carbocycles. The maximum atomic E-state index is 12.2. The number of hydrogen-bond donors (Lipinski definition) is 0. The first-order valence-corrected chi connectivity index (χ1v) is 16.6.